The summed E-state index contributed by atoms with van der Waals surface area (Å²) in [4.78, 5) is 31.3. The summed E-state index contributed by atoms with van der Waals surface area (Å²) in [5.41, 5.74) is 4.86. The maximum atomic E-state index is 13.3. The number of nitrogens with zero attached hydrogens (tertiary/aromatic N) is 3. The molecule has 8 heteroatoms. The first kappa shape index (κ1) is 21.8. The molecule has 0 bridgehead atoms. The molecule has 0 saturated heterocycles. The number of carbonyl (C=O) groups is 2. The first-order chi connectivity index (χ1) is 16.6. The zero-order chi connectivity index (χ0) is 23.7. The summed E-state index contributed by atoms with van der Waals surface area (Å²) < 4.78 is 7.07. The van der Waals surface area contributed by atoms with Crippen molar-refractivity contribution in [3.8, 4) is 5.75 Å². The molecule has 0 spiro atoms. The maximum absolute atomic E-state index is 13.3. The monoisotopic (exact) mass is 457 g/mol. The summed E-state index contributed by atoms with van der Waals surface area (Å²) in [5.74, 6) is 0.496. The van der Waals surface area contributed by atoms with Gasteiger partial charge in [-0.05, 0) is 48.9 Å². The minimum atomic E-state index is -0.234. The average Bonchev–Trinajstić information content (AvgIpc) is 3.50. The van der Waals surface area contributed by atoms with Gasteiger partial charge in [0.25, 0.3) is 11.8 Å². The van der Waals surface area contributed by atoms with E-state index >= 15 is 0 Å². The Morgan fingerprint density at radius 2 is 1.97 bits per heavy atom. The number of ether oxygens (including phenoxy) is 1. The van der Waals surface area contributed by atoms with Crippen molar-refractivity contribution in [2.45, 2.75) is 33.0 Å². The number of aromatic nitrogens is 3. The largest absolute Gasteiger partial charge is 0.497 e. The van der Waals surface area contributed by atoms with Gasteiger partial charge in [0.15, 0.2) is 5.69 Å². The van der Waals surface area contributed by atoms with Gasteiger partial charge in [0.05, 0.1) is 13.7 Å². The van der Waals surface area contributed by atoms with E-state index in [9.17, 15) is 9.59 Å². The van der Waals surface area contributed by atoms with Gasteiger partial charge < -0.3 is 19.9 Å². The minimum Gasteiger partial charge on any atom is -0.497 e. The van der Waals surface area contributed by atoms with E-state index in [0.29, 0.717) is 43.9 Å². The van der Waals surface area contributed by atoms with Crippen molar-refractivity contribution in [3.63, 3.8) is 0 Å². The SMILES string of the molecule is CCn1nc(C(=O)NCc2ccc(OC)cc2)c2c1CCN(C(=O)c1ccc3[nH]ccc3c1)C2. The summed E-state index contributed by atoms with van der Waals surface area (Å²) in [7, 11) is 1.62. The first-order valence-corrected chi connectivity index (χ1v) is 11.4. The fourth-order valence-corrected chi connectivity index (χ4v) is 4.49. The van der Waals surface area contributed by atoms with Crippen molar-refractivity contribution < 1.29 is 14.3 Å². The van der Waals surface area contributed by atoms with Gasteiger partial charge in [0.2, 0.25) is 0 Å². The van der Waals surface area contributed by atoms with E-state index in [-0.39, 0.29) is 11.8 Å². The lowest BCUT2D eigenvalue weighted by Gasteiger charge is -2.28. The third-order valence-corrected chi connectivity index (χ3v) is 6.35. The molecule has 0 aliphatic carbocycles. The minimum absolute atomic E-state index is 0.0393. The zero-order valence-corrected chi connectivity index (χ0v) is 19.3. The van der Waals surface area contributed by atoms with Gasteiger partial charge in [-0.2, -0.15) is 5.10 Å². The number of hydrogen-bond donors (Lipinski definition) is 2. The summed E-state index contributed by atoms with van der Waals surface area (Å²) in [6.07, 6.45) is 2.53. The highest BCUT2D eigenvalue weighted by molar-refractivity contribution is 5.99. The number of amides is 2. The van der Waals surface area contributed by atoms with E-state index < -0.39 is 0 Å². The normalized spacial score (nSPS) is 13.1. The molecule has 8 nitrogen and oxygen atoms in total. The van der Waals surface area contributed by atoms with Crippen LogP contribution in [0.1, 0.15) is 44.6 Å². The van der Waals surface area contributed by atoms with Gasteiger partial charge in [-0.15, -0.1) is 0 Å². The van der Waals surface area contributed by atoms with Crippen LogP contribution >= 0.6 is 0 Å². The van der Waals surface area contributed by atoms with Gasteiger partial charge in [0, 0.05) is 60.0 Å². The Morgan fingerprint density at radius 1 is 1.15 bits per heavy atom. The number of aryl methyl sites for hydroxylation is 1. The highest BCUT2D eigenvalue weighted by atomic mass is 16.5. The highest BCUT2D eigenvalue weighted by Gasteiger charge is 2.30. The Labute approximate surface area is 197 Å². The summed E-state index contributed by atoms with van der Waals surface area (Å²) >= 11 is 0. The molecule has 2 N–H and O–H groups in total. The molecule has 0 radical (unpaired) electrons. The molecule has 1 aliphatic rings. The van der Waals surface area contributed by atoms with E-state index in [1.807, 2.05) is 66.3 Å². The number of carbonyl (C=O) groups excluding carboxylic acids is 2. The predicted octanol–water partition coefficient (Wildman–Crippen LogP) is 3.52. The molecule has 0 saturated carbocycles. The number of nitrogens with one attached hydrogen (secondary N) is 2. The molecule has 174 valence electrons. The highest BCUT2D eigenvalue weighted by Crippen LogP contribution is 2.25. The summed E-state index contributed by atoms with van der Waals surface area (Å²) in [6.45, 7) is 4.03. The van der Waals surface area contributed by atoms with Gasteiger partial charge in [0.1, 0.15) is 5.75 Å². The molecule has 5 rings (SSSR count). The van der Waals surface area contributed by atoms with Crippen LogP contribution in [0.5, 0.6) is 5.75 Å². The lowest BCUT2D eigenvalue weighted by Crippen LogP contribution is -2.37. The Hall–Kier alpha value is -4.07. The quantitative estimate of drug-likeness (QED) is 0.463. The van der Waals surface area contributed by atoms with Crippen LogP contribution in [0.15, 0.2) is 54.7 Å². The second-order valence-electron chi connectivity index (χ2n) is 8.38. The zero-order valence-electron chi connectivity index (χ0n) is 19.3. The second-order valence-corrected chi connectivity index (χ2v) is 8.38. The fraction of sp³-hybridized carbons (Fsp3) is 0.269. The Balaban J connectivity index is 1.35. The molecule has 0 fully saturated rings. The van der Waals surface area contributed by atoms with Crippen LogP contribution < -0.4 is 10.1 Å². The molecule has 2 aromatic carbocycles. The third kappa shape index (κ3) is 4.03. The van der Waals surface area contributed by atoms with Crippen molar-refractivity contribution in [1.29, 1.82) is 0 Å². The van der Waals surface area contributed by atoms with E-state index in [1.165, 1.54) is 0 Å². The maximum Gasteiger partial charge on any atom is 0.272 e. The molecule has 1 aliphatic heterocycles. The molecule has 3 heterocycles. The van der Waals surface area contributed by atoms with Crippen LogP contribution in [0.25, 0.3) is 10.9 Å². The van der Waals surface area contributed by atoms with E-state index in [4.69, 9.17) is 4.74 Å². The van der Waals surface area contributed by atoms with Crippen molar-refractivity contribution in [3.05, 3.63) is 82.8 Å². The van der Waals surface area contributed by atoms with Gasteiger partial charge >= 0.3 is 0 Å². The van der Waals surface area contributed by atoms with Crippen molar-refractivity contribution in [2.75, 3.05) is 13.7 Å². The first-order valence-electron chi connectivity index (χ1n) is 11.4. The topological polar surface area (TPSA) is 92.2 Å². The van der Waals surface area contributed by atoms with Crippen molar-refractivity contribution in [1.82, 2.24) is 25.0 Å². The van der Waals surface area contributed by atoms with Crippen LogP contribution in [0.4, 0.5) is 0 Å². The second kappa shape index (κ2) is 9.05. The fourth-order valence-electron chi connectivity index (χ4n) is 4.49. The summed E-state index contributed by atoms with van der Waals surface area (Å²) in [6, 6.07) is 15.2. The number of fused-ring (bicyclic) bond motifs is 2. The van der Waals surface area contributed by atoms with Crippen molar-refractivity contribution >= 4 is 22.7 Å². The lowest BCUT2D eigenvalue weighted by atomic mass is 10.0. The summed E-state index contributed by atoms with van der Waals surface area (Å²) in [5, 5.41) is 8.56. The predicted molar refractivity (Wildman–Crippen MR) is 129 cm³/mol. The van der Waals surface area contributed by atoms with Gasteiger partial charge in [-0.25, -0.2) is 0 Å². The van der Waals surface area contributed by atoms with Crippen molar-refractivity contribution in [2.24, 2.45) is 0 Å². The molecule has 0 unspecified atom stereocenters. The van der Waals surface area contributed by atoms with Crippen LogP contribution in [-0.4, -0.2) is 45.1 Å². The molecule has 0 atom stereocenters. The van der Waals surface area contributed by atoms with Gasteiger partial charge in [-0.3, -0.25) is 14.3 Å². The van der Waals surface area contributed by atoms with Gasteiger partial charge in [-0.1, -0.05) is 12.1 Å². The number of benzene rings is 2. The standard InChI is InChI=1S/C26H27N5O3/c1-3-31-23-11-13-30(26(33)19-6-9-22-18(14-19)10-12-27-22)16-21(23)24(29-31)25(32)28-15-17-4-7-20(34-2)8-5-17/h4-10,12,14,27H,3,11,13,15-16H2,1-2H3,(H,28,32). The van der Waals surface area contributed by atoms with Crippen LogP contribution in [0.3, 0.4) is 0 Å². The number of rotatable bonds is 6. The molecule has 2 amide bonds. The molecular formula is C26H27N5O3. The van der Waals surface area contributed by atoms with Crippen LogP contribution in [-0.2, 0) is 26.1 Å². The average molecular weight is 458 g/mol. The molecule has 34 heavy (non-hydrogen) atoms. The molecular weight excluding hydrogens is 430 g/mol. The molecule has 4 aromatic rings. The number of methoxy groups -OCH3 is 1. The number of hydrogen-bond acceptors (Lipinski definition) is 4. The van der Waals surface area contributed by atoms with E-state index in [2.05, 4.69) is 15.4 Å². The lowest BCUT2D eigenvalue weighted by molar-refractivity contribution is 0.0730. The van der Waals surface area contributed by atoms with Crippen LogP contribution in [0, 0.1) is 0 Å². The smallest absolute Gasteiger partial charge is 0.272 e. The van der Waals surface area contributed by atoms with E-state index in [1.54, 1.807) is 12.0 Å². The Kier molecular flexibility index (Phi) is 5.79. The number of aromatic amines is 1. The Morgan fingerprint density at radius 3 is 2.74 bits per heavy atom. The third-order valence-electron chi connectivity index (χ3n) is 6.35. The van der Waals surface area contributed by atoms with Crippen LogP contribution in [0.2, 0.25) is 0 Å². The van der Waals surface area contributed by atoms with E-state index in [0.717, 1.165) is 33.5 Å². The molecule has 2 aromatic heterocycles. The Bertz CT molecular complexity index is 1350. The number of H-pyrrole nitrogens is 1.